The quantitative estimate of drug-likeness (QED) is 0.616. The highest BCUT2D eigenvalue weighted by molar-refractivity contribution is 5.93. The van der Waals surface area contributed by atoms with Crippen LogP contribution in [0.2, 0.25) is 0 Å². The van der Waals surface area contributed by atoms with Crippen molar-refractivity contribution < 1.29 is 18.3 Å². The van der Waals surface area contributed by atoms with E-state index >= 15 is 0 Å². The summed E-state index contributed by atoms with van der Waals surface area (Å²) in [6.45, 7) is 5.84. The minimum Gasteiger partial charge on any atom is -0.381 e. The number of fused-ring (bicyclic) bond motifs is 1. The van der Waals surface area contributed by atoms with E-state index in [4.69, 9.17) is 4.74 Å². The van der Waals surface area contributed by atoms with Gasteiger partial charge in [0.05, 0.1) is 36.0 Å². The van der Waals surface area contributed by atoms with Crippen molar-refractivity contribution in [1.29, 1.82) is 0 Å². The Morgan fingerprint density at radius 1 is 1.15 bits per heavy atom. The van der Waals surface area contributed by atoms with E-state index in [2.05, 4.69) is 20.4 Å². The van der Waals surface area contributed by atoms with Gasteiger partial charge in [-0.25, -0.2) is 8.78 Å². The molecule has 2 fully saturated rings. The highest BCUT2D eigenvalue weighted by Crippen LogP contribution is 2.30. The fraction of sp³-hybridized carbons (Fsp3) is 0.400. The van der Waals surface area contributed by atoms with E-state index in [1.165, 1.54) is 12.1 Å². The molecule has 1 aromatic heterocycles. The first-order valence-electron chi connectivity index (χ1n) is 11.6. The molecule has 2 aromatic carbocycles. The van der Waals surface area contributed by atoms with Gasteiger partial charge in [-0.15, -0.1) is 0 Å². The van der Waals surface area contributed by atoms with Crippen LogP contribution in [0.1, 0.15) is 24.9 Å². The summed E-state index contributed by atoms with van der Waals surface area (Å²) in [5, 5.41) is 12.5. The van der Waals surface area contributed by atoms with Crippen molar-refractivity contribution >= 4 is 28.2 Å². The molecule has 34 heavy (non-hydrogen) atoms. The van der Waals surface area contributed by atoms with Crippen LogP contribution in [0.5, 0.6) is 0 Å². The van der Waals surface area contributed by atoms with Crippen LogP contribution in [0.4, 0.5) is 20.2 Å². The Kier molecular flexibility index (Phi) is 6.28. The maximum Gasteiger partial charge on any atom is 0.228 e. The fourth-order valence-electron chi connectivity index (χ4n) is 4.69. The second kappa shape index (κ2) is 9.50. The average Bonchev–Trinajstić information content (AvgIpc) is 3.39. The zero-order valence-corrected chi connectivity index (χ0v) is 19.0. The number of benzene rings is 2. The number of piperazine rings is 1. The molecule has 5 rings (SSSR count). The van der Waals surface area contributed by atoms with E-state index < -0.39 is 17.7 Å². The largest absolute Gasteiger partial charge is 0.381 e. The van der Waals surface area contributed by atoms with Crippen LogP contribution in [-0.2, 0) is 9.53 Å². The SMILES string of the molecule is C[C@@H](Nc1cnnc2ccc(N3CCN(C(=O)C4CCOC4)CC3)cc12)c1ccc(F)cc1F. The minimum absolute atomic E-state index is 0.00707. The number of carbonyl (C=O) groups excluding carboxylic acids is 1. The zero-order chi connectivity index (χ0) is 23.7. The molecule has 0 radical (unpaired) electrons. The molecular formula is C25H27F2N5O2. The smallest absolute Gasteiger partial charge is 0.228 e. The molecule has 1 amide bonds. The lowest BCUT2D eigenvalue weighted by atomic mass is 10.1. The van der Waals surface area contributed by atoms with Crippen molar-refractivity contribution in [2.75, 3.05) is 49.6 Å². The molecule has 3 aromatic rings. The number of carbonyl (C=O) groups is 1. The number of nitrogens with one attached hydrogen (secondary N) is 1. The van der Waals surface area contributed by atoms with Crippen LogP contribution in [0, 0.1) is 17.6 Å². The predicted molar refractivity (Wildman–Crippen MR) is 126 cm³/mol. The Bertz CT molecular complexity index is 1190. The van der Waals surface area contributed by atoms with Gasteiger partial charge in [-0.3, -0.25) is 4.79 Å². The molecule has 1 N–H and O–H groups in total. The summed E-state index contributed by atoms with van der Waals surface area (Å²) in [6.07, 6.45) is 2.42. The molecule has 2 saturated heterocycles. The molecule has 0 bridgehead atoms. The second-order valence-corrected chi connectivity index (χ2v) is 8.86. The summed E-state index contributed by atoms with van der Waals surface area (Å²) in [5.74, 6) is -1.01. The van der Waals surface area contributed by atoms with E-state index in [9.17, 15) is 13.6 Å². The molecule has 2 aliphatic rings. The van der Waals surface area contributed by atoms with Crippen molar-refractivity contribution in [2.24, 2.45) is 5.92 Å². The molecule has 1 unspecified atom stereocenters. The summed E-state index contributed by atoms with van der Waals surface area (Å²) in [7, 11) is 0. The number of hydrogen-bond acceptors (Lipinski definition) is 6. The van der Waals surface area contributed by atoms with Gasteiger partial charge >= 0.3 is 0 Å². The Balaban J connectivity index is 1.32. The molecule has 7 nitrogen and oxygen atoms in total. The minimum atomic E-state index is -0.604. The summed E-state index contributed by atoms with van der Waals surface area (Å²) >= 11 is 0. The lowest BCUT2D eigenvalue weighted by Crippen LogP contribution is -2.50. The molecule has 2 atom stereocenters. The highest BCUT2D eigenvalue weighted by Gasteiger charge is 2.30. The summed E-state index contributed by atoms with van der Waals surface area (Å²) in [6, 6.07) is 9.16. The van der Waals surface area contributed by atoms with Gasteiger partial charge in [-0.2, -0.15) is 10.2 Å². The molecule has 0 saturated carbocycles. The maximum atomic E-state index is 14.3. The molecule has 0 spiro atoms. The third-order valence-corrected chi connectivity index (χ3v) is 6.66. The van der Waals surface area contributed by atoms with E-state index in [0.717, 1.165) is 47.9 Å². The van der Waals surface area contributed by atoms with Gasteiger partial charge in [-0.05, 0) is 37.6 Å². The Labute approximate surface area is 196 Å². The van der Waals surface area contributed by atoms with Crippen molar-refractivity contribution in [1.82, 2.24) is 15.1 Å². The molecule has 0 aliphatic carbocycles. The van der Waals surface area contributed by atoms with Gasteiger partial charge in [0.15, 0.2) is 0 Å². The topological polar surface area (TPSA) is 70.6 Å². The van der Waals surface area contributed by atoms with Gasteiger partial charge in [0.1, 0.15) is 11.6 Å². The third-order valence-electron chi connectivity index (χ3n) is 6.66. The number of amides is 1. The van der Waals surface area contributed by atoms with Gasteiger partial charge in [-0.1, -0.05) is 6.07 Å². The van der Waals surface area contributed by atoms with Crippen molar-refractivity contribution in [3.05, 3.63) is 59.8 Å². The number of hydrogen-bond donors (Lipinski definition) is 1. The Hall–Kier alpha value is -3.33. The summed E-state index contributed by atoms with van der Waals surface area (Å²) in [4.78, 5) is 16.9. The van der Waals surface area contributed by atoms with Crippen molar-refractivity contribution in [2.45, 2.75) is 19.4 Å². The van der Waals surface area contributed by atoms with Gasteiger partial charge in [0.2, 0.25) is 5.91 Å². The van der Waals surface area contributed by atoms with Crippen LogP contribution in [-0.4, -0.2) is 60.4 Å². The number of ether oxygens (including phenoxy) is 1. The van der Waals surface area contributed by atoms with E-state index in [1.807, 2.05) is 30.0 Å². The van der Waals surface area contributed by atoms with Crippen LogP contribution in [0.15, 0.2) is 42.6 Å². The van der Waals surface area contributed by atoms with Gasteiger partial charge in [0, 0.05) is 55.5 Å². The average molecular weight is 468 g/mol. The van der Waals surface area contributed by atoms with Crippen molar-refractivity contribution in [3.63, 3.8) is 0 Å². The first kappa shape index (κ1) is 22.5. The molecule has 9 heteroatoms. The number of aromatic nitrogens is 2. The van der Waals surface area contributed by atoms with Crippen LogP contribution >= 0.6 is 0 Å². The number of rotatable bonds is 5. The molecule has 3 heterocycles. The number of anilines is 2. The standard InChI is InChI=1S/C25H27F2N5O2/c1-16(20-4-2-18(26)12-22(20)27)29-24-14-28-30-23-5-3-19(13-21(23)24)31-7-9-32(10-8-31)25(33)17-6-11-34-15-17/h2-5,12-14,16-17H,6-11,15H2,1H3,(H,29,30)/t16-,17?/m1/s1. The monoisotopic (exact) mass is 467 g/mol. The lowest BCUT2D eigenvalue weighted by Gasteiger charge is -2.37. The summed E-state index contributed by atoms with van der Waals surface area (Å²) < 4.78 is 32.9. The summed E-state index contributed by atoms with van der Waals surface area (Å²) in [5.41, 5.74) is 2.84. The zero-order valence-electron chi connectivity index (χ0n) is 19.0. The molecule has 178 valence electrons. The van der Waals surface area contributed by atoms with E-state index in [-0.39, 0.29) is 11.8 Å². The predicted octanol–water partition coefficient (Wildman–Crippen LogP) is 3.77. The van der Waals surface area contributed by atoms with E-state index in [1.54, 1.807) is 6.20 Å². The highest BCUT2D eigenvalue weighted by atomic mass is 19.1. The van der Waals surface area contributed by atoms with Crippen LogP contribution < -0.4 is 10.2 Å². The molecule has 2 aliphatic heterocycles. The first-order chi connectivity index (χ1) is 16.5. The first-order valence-corrected chi connectivity index (χ1v) is 11.6. The van der Waals surface area contributed by atoms with E-state index in [0.29, 0.717) is 31.9 Å². The second-order valence-electron chi connectivity index (χ2n) is 8.86. The van der Waals surface area contributed by atoms with Crippen molar-refractivity contribution in [3.8, 4) is 0 Å². The Morgan fingerprint density at radius 3 is 2.71 bits per heavy atom. The molecular weight excluding hydrogens is 440 g/mol. The maximum absolute atomic E-state index is 14.3. The normalized spacial score (nSPS) is 19.4. The lowest BCUT2D eigenvalue weighted by molar-refractivity contribution is -0.135. The number of nitrogens with zero attached hydrogens (tertiary/aromatic N) is 4. The fourth-order valence-corrected chi connectivity index (χ4v) is 4.69. The van der Waals surface area contributed by atoms with Gasteiger partial charge in [0.25, 0.3) is 0 Å². The Morgan fingerprint density at radius 2 is 1.97 bits per heavy atom. The third kappa shape index (κ3) is 4.52. The van der Waals surface area contributed by atoms with Gasteiger partial charge < -0.3 is 19.9 Å². The number of halogens is 2. The van der Waals surface area contributed by atoms with Crippen LogP contribution in [0.3, 0.4) is 0 Å². The van der Waals surface area contributed by atoms with Crippen LogP contribution in [0.25, 0.3) is 10.9 Å².